The number of ether oxygens (including phenoxy) is 1. The Balaban J connectivity index is 1.29. The van der Waals surface area contributed by atoms with Crippen LogP contribution < -0.4 is 5.73 Å². The maximum absolute atomic E-state index is 6.66. The van der Waals surface area contributed by atoms with E-state index >= 15 is 0 Å². The van der Waals surface area contributed by atoms with E-state index in [1.165, 1.54) is 70.6 Å². The Labute approximate surface area is 130 Å². The molecule has 5 aliphatic carbocycles. The predicted octanol–water partition coefficient (Wildman–Crippen LogP) is 4.13. The van der Waals surface area contributed by atoms with E-state index in [-0.39, 0.29) is 0 Å². The van der Waals surface area contributed by atoms with Gasteiger partial charge >= 0.3 is 0 Å². The quantitative estimate of drug-likeness (QED) is 0.826. The molecule has 21 heavy (non-hydrogen) atoms. The van der Waals surface area contributed by atoms with E-state index in [1.807, 2.05) is 0 Å². The van der Waals surface area contributed by atoms with Gasteiger partial charge < -0.3 is 10.5 Å². The molecule has 0 saturated heterocycles. The Hall–Kier alpha value is -0.0800. The van der Waals surface area contributed by atoms with Gasteiger partial charge in [-0.15, -0.1) is 0 Å². The van der Waals surface area contributed by atoms with Crippen LogP contribution in [0.4, 0.5) is 0 Å². The lowest BCUT2D eigenvalue weighted by molar-refractivity contribution is -0.0827. The normalized spacial score (nSPS) is 44.1. The molecule has 2 heteroatoms. The second-order valence-corrected chi connectivity index (χ2v) is 8.93. The van der Waals surface area contributed by atoms with Crippen LogP contribution in [0.25, 0.3) is 0 Å². The first-order valence-electron chi connectivity index (χ1n) is 9.57. The second kappa shape index (κ2) is 5.85. The highest BCUT2D eigenvalue weighted by molar-refractivity contribution is 5.05. The van der Waals surface area contributed by atoms with Crippen LogP contribution >= 0.6 is 0 Å². The third-order valence-corrected chi connectivity index (χ3v) is 7.25. The maximum Gasteiger partial charge on any atom is 0.0623 e. The Kier molecular flexibility index (Phi) is 4.04. The van der Waals surface area contributed by atoms with Gasteiger partial charge in [0.15, 0.2) is 0 Å². The molecule has 0 aliphatic heterocycles. The number of hydrogen-bond donors (Lipinski definition) is 1. The minimum absolute atomic E-state index is 0.300. The third-order valence-electron chi connectivity index (χ3n) is 7.25. The van der Waals surface area contributed by atoms with Crippen molar-refractivity contribution in [3.8, 4) is 0 Å². The van der Waals surface area contributed by atoms with Gasteiger partial charge in [0.25, 0.3) is 0 Å². The van der Waals surface area contributed by atoms with Crippen molar-refractivity contribution in [2.45, 2.75) is 76.7 Å². The summed E-state index contributed by atoms with van der Waals surface area (Å²) in [6.07, 6.45) is 15.8. The van der Waals surface area contributed by atoms with Crippen LogP contribution in [0.3, 0.4) is 0 Å². The molecule has 0 amide bonds. The van der Waals surface area contributed by atoms with Crippen LogP contribution in [0.2, 0.25) is 0 Å². The summed E-state index contributed by atoms with van der Waals surface area (Å²) in [5, 5.41) is 0. The van der Waals surface area contributed by atoms with Crippen LogP contribution in [-0.4, -0.2) is 19.3 Å². The van der Waals surface area contributed by atoms with E-state index < -0.39 is 0 Å². The SMILES string of the molecule is NC(COCC1CCCCC1)C12CC3CC(CC(C3)C1)C2. The molecule has 2 N–H and O–H groups in total. The highest BCUT2D eigenvalue weighted by Crippen LogP contribution is 2.60. The van der Waals surface area contributed by atoms with Crippen molar-refractivity contribution in [3.63, 3.8) is 0 Å². The molecule has 0 aromatic heterocycles. The van der Waals surface area contributed by atoms with E-state index in [4.69, 9.17) is 10.5 Å². The van der Waals surface area contributed by atoms with E-state index in [9.17, 15) is 0 Å². The van der Waals surface area contributed by atoms with Crippen LogP contribution in [0.5, 0.6) is 0 Å². The summed E-state index contributed by atoms with van der Waals surface area (Å²) < 4.78 is 6.10. The van der Waals surface area contributed by atoms with Crippen LogP contribution in [-0.2, 0) is 4.74 Å². The lowest BCUT2D eigenvalue weighted by atomic mass is 9.48. The van der Waals surface area contributed by atoms with Crippen molar-refractivity contribution in [2.24, 2.45) is 34.8 Å². The van der Waals surface area contributed by atoms with Crippen molar-refractivity contribution in [1.29, 1.82) is 0 Å². The second-order valence-electron chi connectivity index (χ2n) is 8.93. The molecule has 0 aromatic carbocycles. The Morgan fingerprint density at radius 2 is 1.48 bits per heavy atom. The summed E-state index contributed by atoms with van der Waals surface area (Å²) in [5.41, 5.74) is 7.12. The minimum Gasteiger partial charge on any atom is -0.380 e. The molecular weight excluding hydrogens is 258 g/mol. The predicted molar refractivity (Wildman–Crippen MR) is 86.0 cm³/mol. The fourth-order valence-corrected chi connectivity index (χ4v) is 6.52. The zero-order valence-electron chi connectivity index (χ0n) is 13.6. The first kappa shape index (κ1) is 14.5. The smallest absolute Gasteiger partial charge is 0.0623 e. The molecule has 2 nitrogen and oxygen atoms in total. The molecule has 0 spiro atoms. The Bertz CT molecular complexity index is 325. The summed E-state index contributed by atoms with van der Waals surface area (Å²) in [7, 11) is 0. The lowest BCUT2D eigenvalue weighted by Gasteiger charge is -2.58. The standard InChI is InChI=1S/C19H33NO/c20-18(13-21-12-14-4-2-1-3-5-14)19-9-15-6-16(10-19)8-17(7-15)11-19/h14-18H,1-13,20H2. The van der Waals surface area contributed by atoms with Gasteiger partial charge in [-0.05, 0) is 80.5 Å². The van der Waals surface area contributed by atoms with E-state index in [0.717, 1.165) is 36.9 Å². The van der Waals surface area contributed by atoms with Gasteiger partial charge in [0, 0.05) is 12.6 Å². The molecule has 5 fully saturated rings. The maximum atomic E-state index is 6.66. The fraction of sp³-hybridized carbons (Fsp3) is 1.00. The largest absolute Gasteiger partial charge is 0.380 e. The Morgan fingerprint density at radius 3 is 2.05 bits per heavy atom. The zero-order chi connectivity index (χ0) is 14.3. The van der Waals surface area contributed by atoms with Crippen molar-refractivity contribution >= 4 is 0 Å². The third kappa shape index (κ3) is 2.91. The van der Waals surface area contributed by atoms with E-state index in [2.05, 4.69) is 0 Å². The van der Waals surface area contributed by atoms with Gasteiger partial charge in [-0.3, -0.25) is 0 Å². The number of rotatable bonds is 5. The fourth-order valence-electron chi connectivity index (χ4n) is 6.52. The van der Waals surface area contributed by atoms with Crippen molar-refractivity contribution in [2.75, 3.05) is 13.2 Å². The van der Waals surface area contributed by atoms with Crippen LogP contribution in [0.1, 0.15) is 70.6 Å². The lowest BCUT2D eigenvalue weighted by Crippen LogP contribution is -2.56. The van der Waals surface area contributed by atoms with Gasteiger partial charge in [-0.1, -0.05) is 19.3 Å². The van der Waals surface area contributed by atoms with Crippen molar-refractivity contribution in [1.82, 2.24) is 0 Å². The summed E-state index contributed by atoms with van der Waals surface area (Å²) in [6, 6.07) is 0.300. The molecule has 120 valence electrons. The highest BCUT2D eigenvalue weighted by Gasteiger charge is 2.53. The van der Waals surface area contributed by atoms with E-state index in [1.54, 1.807) is 0 Å². The minimum atomic E-state index is 0.300. The molecule has 5 rings (SSSR count). The summed E-state index contributed by atoms with van der Waals surface area (Å²) in [4.78, 5) is 0. The molecule has 0 aromatic rings. The Morgan fingerprint density at radius 1 is 0.905 bits per heavy atom. The van der Waals surface area contributed by atoms with Gasteiger partial charge in [-0.25, -0.2) is 0 Å². The zero-order valence-corrected chi connectivity index (χ0v) is 13.6. The average molecular weight is 291 g/mol. The number of nitrogens with two attached hydrogens (primary N) is 1. The van der Waals surface area contributed by atoms with E-state index in [0.29, 0.717) is 11.5 Å². The topological polar surface area (TPSA) is 35.2 Å². The molecule has 0 heterocycles. The van der Waals surface area contributed by atoms with Gasteiger partial charge in [0.1, 0.15) is 0 Å². The van der Waals surface area contributed by atoms with Crippen molar-refractivity contribution in [3.05, 3.63) is 0 Å². The molecule has 5 aliphatic rings. The van der Waals surface area contributed by atoms with Crippen molar-refractivity contribution < 1.29 is 4.74 Å². The molecule has 1 atom stereocenters. The van der Waals surface area contributed by atoms with Crippen LogP contribution in [0, 0.1) is 29.1 Å². The summed E-state index contributed by atoms with van der Waals surface area (Å²) >= 11 is 0. The van der Waals surface area contributed by atoms with Crippen LogP contribution in [0.15, 0.2) is 0 Å². The summed E-state index contributed by atoms with van der Waals surface area (Å²) in [5.74, 6) is 3.82. The molecular formula is C19H33NO. The van der Waals surface area contributed by atoms with Gasteiger partial charge in [0.2, 0.25) is 0 Å². The molecule has 5 saturated carbocycles. The number of hydrogen-bond acceptors (Lipinski definition) is 2. The highest BCUT2D eigenvalue weighted by atomic mass is 16.5. The van der Waals surface area contributed by atoms with Gasteiger partial charge in [0.05, 0.1) is 6.61 Å². The average Bonchev–Trinajstić information content (AvgIpc) is 2.47. The summed E-state index contributed by atoms with van der Waals surface area (Å²) in [6.45, 7) is 1.79. The first-order valence-corrected chi connectivity index (χ1v) is 9.57. The first-order chi connectivity index (χ1) is 10.2. The molecule has 4 bridgehead atoms. The molecule has 0 radical (unpaired) electrons. The monoisotopic (exact) mass is 291 g/mol. The van der Waals surface area contributed by atoms with Gasteiger partial charge in [-0.2, -0.15) is 0 Å². The molecule has 1 unspecified atom stereocenters.